The van der Waals surface area contributed by atoms with Gasteiger partial charge in [0.2, 0.25) is 5.91 Å². The Hall–Kier alpha value is -2.56. The fourth-order valence-electron chi connectivity index (χ4n) is 2.08. The summed E-state index contributed by atoms with van der Waals surface area (Å²) in [5.41, 5.74) is 1.42. The molecule has 0 saturated carbocycles. The molecule has 0 aliphatic carbocycles. The second-order valence-corrected chi connectivity index (χ2v) is 4.75. The van der Waals surface area contributed by atoms with Gasteiger partial charge in [-0.3, -0.25) is 4.79 Å². The Balaban J connectivity index is 1.93. The molecule has 0 aliphatic heterocycles. The van der Waals surface area contributed by atoms with Crippen molar-refractivity contribution in [3.05, 3.63) is 53.8 Å². The summed E-state index contributed by atoms with van der Waals surface area (Å²) in [6, 6.07) is 11.4. The zero-order valence-corrected chi connectivity index (χ0v) is 12.6. The number of ether oxygens (including phenoxy) is 2. The predicted molar refractivity (Wildman–Crippen MR) is 82.9 cm³/mol. The molecular weight excluding hydrogens is 285 g/mol. The van der Waals surface area contributed by atoms with Crippen LogP contribution in [0.25, 0.3) is 0 Å². The molecule has 0 saturated heterocycles. The average Bonchev–Trinajstić information content (AvgIpc) is 2.52. The molecule has 22 heavy (non-hydrogen) atoms. The van der Waals surface area contributed by atoms with Crippen LogP contribution in [0.4, 0.5) is 10.1 Å². The molecule has 0 atom stereocenters. The SMILES string of the molecule is COc1ccc(CCC(=O)Nc2cccc(F)c2)cc1OC. The van der Waals surface area contributed by atoms with Gasteiger partial charge >= 0.3 is 0 Å². The largest absolute Gasteiger partial charge is 0.493 e. The standard InChI is InChI=1S/C17H18FNO3/c1-21-15-8-6-12(10-16(15)22-2)7-9-17(20)19-14-5-3-4-13(18)11-14/h3-6,8,10-11H,7,9H2,1-2H3,(H,19,20). The molecule has 4 nitrogen and oxygen atoms in total. The molecule has 5 heteroatoms. The zero-order valence-electron chi connectivity index (χ0n) is 12.6. The first-order valence-corrected chi connectivity index (χ1v) is 6.88. The average molecular weight is 303 g/mol. The molecule has 1 amide bonds. The molecule has 2 aromatic carbocycles. The summed E-state index contributed by atoms with van der Waals surface area (Å²) in [5.74, 6) is 0.735. The van der Waals surface area contributed by atoms with Gasteiger partial charge in [0.25, 0.3) is 0 Å². The maximum atomic E-state index is 13.0. The van der Waals surface area contributed by atoms with Crippen LogP contribution in [0.1, 0.15) is 12.0 Å². The number of amides is 1. The zero-order chi connectivity index (χ0) is 15.9. The second-order valence-electron chi connectivity index (χ2n) is 4.75. The highest BCUT2D eigenvalue weighted by Crippen LogP contribution is 2.28. The van der Waals surface area contributed by atoms with E-state index in [0.29, 0.717) is 30.0 Å². The van der Waals surface area contributed by atoms with E-state index in [9.17, 15) is 9.18 Å². The van der Waals surface area contributed by atoms with Gasteiger partial charge in [-0.05, 0) is 42.3 Å². The molecule has 0 fully saturated rings. The minimum atomic E-state index is -0.377. The number of benzene rings is 2. The molecular formula is C17H18FNO3. The number of anilines is 1. The van der Waals surface area contributed by atoms with Crippen LogP contribution >= 0.6 is 0 Å². The Morgan fingerprint density at radius 2 is 1.86 bits per heavy atom. The third kappa shape index (κ3) is 4.22. The summed E-state index contributed by atoms with van der Waals surface area (Å²) in [6.45, 7) is 0. The van der Waals surface area contributed by atoms with E-state index >= 15 is 0 Å². The summed E-state index contributed by atoms with van der Waals surface area (Å²) in [4.78, 5) is 11.9. The van der Waals surface area contributed by atoms with E-state index in [1.165, 1.54) is 12.1 Å². The van der Waals surface area contributed by atoms with E-state index in [1.54, 1.807) is 32.4 Å². The van der Waals surface area contributed by atoms with Gasteiger partial charge in [-0.1, -0.05) is 12.1 Å². The van der Waals surface area contributed by atoms with Gasteiger partial charge in [-0.15, -0.1) is 0 Å². The van der Waals surface area contributed by atoms with E-state index in [2.05, 4.69) is 5.32 Å². The lowest BCUT2D eigenvalue weighted by atomic mass is 10.1. The fraction of sp³-hybridized carbons (Fsp3) is 0.235. The Kier molecular flexibility index (Phi) is 5.36. The Bertz CT molecular complexity index is 658. The summed E-state index contributed by atoms with van der Waals surface area (Å²) in [6.07, 6.45) is 0.855. The number of halogens is 1. The number of nitrogens with one attached hydrogen (secondary N) is 1. The molecule has 0 bridgehead atoms. The Morgan fingerprint density at radius 1 is 1.09 bits per heavy atom. The molecule has 2 rings (SSSR count). The quantitative estimate of drug-likeness (QED) is 0.889. The highest BCUT2D eigenvalue weighted by Gasteiger charge is 2.07. The number of aryl methyl sites for hydroxylation is 1. The second kappa shape index (κ2) is 7.45. The van der Waals surface area contributed by atoms with Crippen molar-refractivity contribution < 1.29 is 18.7 Å². The minimum Gasteiger partial charge on any atom is -0.493 e. The highest BCUT2D eigenvalue weighted by molar-refractivity contribution is 5.90. The number of methoxy groups -OCH3 is 2. The van der Waals surface area contributed by atoms with Crippen molar-refractivity contribution >= 4 is 11.6 Å². The smallest absolute Gasteiger partial charge is 0.224 e. The molecule has 0 unspecified atom stereocenters. The Morgan fingerprint density at radius 3 is 2.55 bits per heavy atom. The van der Waals surface area contributed by atoms with E-state index in [0.717, 1.165) is 5.56 Å². The number of hydrogen-bond donors (Lipinski definition) is 1. The van der Waals surface area contributed by atoms with Crippen molar-refractivity contribution in [2.24, 2.45) is 0 Å². The van der Waals surface area contributed by atoms with E-state index < -0.39 is 0 Å². The maximum absolute atomic E-state index is 13.0. The van der Waals surface area contributed by atoms with Gasteiger partial charge in [-0.25, -0.2) is 4.39 Å². The lowest BCUT2D eigenvalue weighted by Gasteiger charge is -2.10. The molecule has 1 N–H and O–H groups in total. The molecule has 0 heterocycles. The summed E-state index contributed by atoms with van der Waals surface area (Å²) >= 11 is 0. The number of carbonyl (C=O) groups excluding carboxylic acids is 1. The van der Waals surface area contributed by atoms with Gasteiger partial charge in [0.1, 0.15) is 5.82 Å². The van der Waals surface area contributed by atoms with Crippen LogP contribution in [0.15, 0.2) is 42.5 Å². The lowest BCUT2D eigenvalue weighted by Crippen LogP contribution is -2.12. The van der Waals surface area contributed by atoms with Crippen LogP contribution in [0.5, 0.6) is 11.5 Å². The van der Waals surface area contributed by atoms with Gasteiger partial charge in [0, 0.05) is 12.1 Å². The summed E-state index contributed by atoms with van der Waals surface area (Å²) in [7, 11) is 3.14. The van der Waals surface area contributed by atoms with Gasteiger partial charge in [0.05, 0.1) is 14.2 Å². The molecule has 2 aromatic rings. The van der Waals surface area contributed by atoms with Crippen molar-refractivity contribution in [1.29, 1.82) is 0 Å². The first kappa shape index (κ1) is 15.8. The third-order valence-corrected chi connectivity index (χ3v) is 3.20. The number of rotatable bonds is 6. The van der Waals surface area contributed by atoms with E-state index in [4.69, 9.17) is 9.47 Å². The Labute approximate surface area is 128 Å². The van der Waals surface area contributed by atoms with E-state index in [1.807, 2.05) is 12.1 Å². The molecule has 0 radical (unpaired) electrons. The fourth-order valence-corrected chi connectivity index (χ4v) is 2.08. The van der Waals surface area contributed by atoms with Crippen molar-refractivity contribution in [2.75, 3.05) is 19.5 Å². The van der Waals surface area contributed by atoms with Gasteiger partial charge in [-0.2, -0.15) is 0 Å². The minimum absolute atomic E-state index is 0.166. The van der Waals surface area contributed by atoms with E-state index in [-0.39, 0.29) is 11.7 Å². The lowest BCUT2D eigenvalue weighted by molar-refractivity contribution is -0.116. The van der Waals surface area contributed by atoms with Crippen molar-refractivity contribution in [1.82, 2.24) is 0 Å². The molecule has 0 aliphatic rings. The maximum Gasteiger partial charge on any atom is 0.224 e. The van der Waals surface area contributed by atoms with Crippen LogP contribution in [-0.4, -0.2) is 20.1 Å². The molecule has 0 spiro atoms. The first-order chi connectivity index (χ1) is 10.6. The molecule has 116 valence electrons. The normalized spacial score (nSPS) is 10.1. The van der Waals surface area contributed by atoms with Crippen molar-refractivity contribution in [3.63, 3.8) is 0 Å². The number of hydrogen-bond acceptors (Lipinski definition) is 3. The van der Waals surface area contributed by atoms with Crippen LogP contribution in [0.3, 0.4) is 0 Å². The summed E-state index contributed by atoms with van der Waals surface area (Å²) in [5, 5.41) is 2.67. The monoisotopic (exact) mass is 303 g/mol. The number of carbonyl (C=O) groups is 1. The topological polar surface area (TPSA) is 47.6 Å². The van der Waals surface area contributed by atoms with Gasteiger partial charge < -0.3 is 14.8 Å². The molecule has 0 aromatic heterocycles. The van der Waals surface area contributed by atoms with Crippen LogP contribution < -0.4 is 14.8 Å². The predicted octanol–water partition coefficient (Wildman–Crippen LogP) is 3.41. The third-order valence-electron chi connectivity index (χ3n) is 3.20. The van der Waals surface area contributed by atoms with Crippen LogP contribution in [0.2, 0.25) is 0 Å². The summed E-state index contributed by atoms with van der Waals surface area (Å²) < 4.78 is 23.4. The van der Waals surface area contributed by atoms with Crippen molar-refractivity contribution in [2.45, 2.75) is 12.8 Å². The van der Waals surface area contributed by atoms with Gasteiger partial charge in [0.15, 0.2) is 11.5 Å². The van der Waals surface area contributed by atoms with Crippen LogP contribution in [-0.2, 0) is 11.2 Å². The highest BCUT2D eigenvalue weighted by atomic mass is 19.1. The first-order valence-electron chi connectivity index (χ1n) is 6.88. The van der Waals surface area contributed by atoms with Crippen molar-refractivity contribution in [3.8, 4) is 11.5 Å². The van der Waals surface area contributed by atoms with Crippen LogP contribution in [0, 0.1) is 5.82 Å².